The van der Waals surface area contributed by atoms with Gasteiger partial charge in [-0.2, -0.15) is 0 Å². The second kappa shape index (κ2) is 14.3. The predicted molar refractivity (Wildman–Crippen MR) is 264 cm³/mol. The minimum absolute atomic E-state index is 0.575. The minimum atomic E-state index is -0.575. The highest BCUT2D eigenvalue weighted by molar-refractivity contribution is 6.18. The Kier molecular flexibility index (Phi) is 8.13. The zero-order valence-electron chi connectivity index (χ0n) is 34.8. The van der Waals surface area contributed by atoms with Gasteiger partial charge < -0.3 is 13.7 Å². The van der Waals surface area contributed by atoms with E-state index in [4.69, 9.17) is 8.83 Å². The van der Waals surface area contributed by atoms with Crippen molar-refractivity contribution in [2.45, 2.75) is 5.41 Å². The topological polar surface area (TPSA) is 29.5 Å². The summed E-state index contributed by atoms with van der Waals surface area (Å²) < 4.78 is 13.5. The molecule has 0 saturated carbocycles. The fourth-order valence-electron chi connectivity index (χ4n) is 10.6. The lowest BCUT2D eigenvalue weighted by molar-refractivity contribution is 0.669. The van der Waals surface area contributed by atoms with Crippen molar-refractivity contribution in [3.05, 3.63) is 259 Å². The Morgan fingerprint density at radius 3 is 1.30 bits per heavy atom. The smallest absolute Gasteiger partial charge is 0.137 e. The minimum Gasteiger partial charge on any atom is -0.456 e. The van der Waals surface area contributed by atoms with Crippen LogP contribution in [0.2, 0.25) is 0 Å². The van der Waals surface area contributed by atoms with Crippen LogP contribution in [0.25, 0.3) is 77.3 Å². The third kappa shape index (κ3) is 5.41. The fourth-order valence-corrected chi connectivity index (χ4v) is 10.6. The summed E-state index contributed by atoms with van der Waals surface area (Å²) in [5.74, 6) is 0. The highest BCUT2D eigenvalue weighted by Gasteiger charge is 2.46. The van der Waals surface area contributed by atoms with Crippen molar-refractivity contribution in [3.63, 3.8) is 0 Å². The molecule has 0 N–H and O–H groups in total. The van der Waals surface area contributed by atoms with Crippen LogP contribution < -0.4 is 4.90 Å². The van der Waals surface area contributed by atoms with E-state index >= 15 is 0 Å². The maximum Gasteiger partial charge on any atom is 0.137 e. The van der Waals surface area contributed by atoms with Gasteiger partial charge in [0.15, 0.2) is 0 Å². The van der Waals surface area contributed by atoms with Gasteiger partial charge in [0, 0.05) is 16.5 Å². The summed E-state index contributed by atoms with van der Waals surface area (Å²) in [6.07, 6.45) is 0. The van der Waals surface area contributed by atoms with E-state index in [1.807, 2.05) is 0 Å². The molecule has 10 aromatic carbocycles. The maximum absolute atomic E-state index is 6.73. The van der Waals surface area contributed by atoms with E-state index in [-0.39, 0.29) is 0 Å². The highest BCUT2D eigenvalue weighted by atomic mass is 16.3. The van der Waals surface area contributed by atoms with Crippen molar-refractivity contribution in [2.24, 2.45) is 0 Å². The van der Waals surface area contributed by atoms with E-state index in [1.54, 1.807) is 0 Å². The molecule has 0 radical (unpaired) electrons. The molecule has 1 aliphatic carbocycles. The Labute approximate surface area is 370 Å². The molecular formula is C61H39NO2. The van der Waals surface area contributed by atoms with Crippen molar-refractivity contribution < 1.29 is 8.83 Å². The molecule has 3 heteroatoms. The molecule has 1 aliphatic rings. The molecular weight excluding hydrogens is 779 g/mol. The summed E-state index contributed by atoms with van der Waals surface area (Å²) in [5.41, 5.74) is 17.9. The van der Waals surface area contributed by atoms with Crippen molar-refractivity contribution >= 4 is 60.9 Å². The first-order valence-corrected chi connectivity index (χ1v) is 21.9. The van der Waals surface area contributed by atoms with Crippen LogP contribution in [0.15, 0.2) is 245 Å². The van der Waals surface area contributed by atoms with E-state index in [0.717, 1.165) is 83.2 Å². The average Bonchev–Trinajstić information content (AvgIpc) is 4.04. The standard InChI is InChI=1S/C61H39NO2/c1-4-17-40(18-5-1)42-33-35-55-49(37-42)59-53(29-15-31-57(59)63-55)62(54-30-16-32-58-60(54)50-38-43(34-36-56(50)64-58)41-19-6-2-7-20-41)46-24-14-23-45(39-46)61(44-21-8-3-9-22-44)51-27-12-10-25-47(51)48-26-11-13-28-52(48)61/h1-39H. The second-order valence-electron chi connectivity index (χ2n) is 16.8. The predicted octanol–water partition coefficient (Wildman–Crippen LogP) is 16.7. The molecule has 0 unspecified atom stereocenters. The Bertz CT molecular complexity index is 3530. The molecule has 0 spiro atoms. The van der Waals surface area contributed by atoms with Gasteiger partial charge in [-0.3, -0.25) is 0 Å². The second-order valence-corrected chi connectivity index (χ2v) is 16.8. The van der Waals surface area contributed by atoms with Crippen molar-refractivity contribution in [1.82, 2.24) is 0 Å². The van der Waals surface area contributed by atoms with E-state index in [9.17, 15) is 0 Å². The summed E-state index contributed by atoms with van der Waals surface area (Å²) in [5, 5.41) is 4.21. The number of furan rings is 2. The molecule has 0 fully saturated rings. The third-order valence-corrected chi connectivity index (χ3v) is 13.3. The number of anilines is 3. The molecule has 64 heavy (non-hydrogen) atoms. The van der Waals surface area contributed by atoms with Crippen LogP contribution in [0.3, 0.4) is 0 Å². The van der Waals surface area contributed by atoms with E-state index in [2.05, 4.69) is 241 Å². The Morgan fingerprint density at radius 2 is 0.766 bits per heavy atom. The zero-order chi connectivity index (χ0) is 42.2. The van der Waals surface area contributed by atoms with Crippen LogP contribution in [-0.4, -0.2) is 0 Å². The van der Waals surface area contributed by atoms with E-state index in [1.165, 1.54) is 33.4 Å². The first-order valence-electron chi connectivity index (χ1n) is 21.9. The number of hydrogen-bond donors (Lipinski definition) is 0. The molecule has 0 atom stereocenters. The van der Waals surface area contributed by atoms with Crippen LogP contribution in [0.5, 0.6) is 0 Å². The van der Waals surface area contributed by atoms with Crippen LogP contribution in [0, 0.1) is 0 Å². The Morgan fingerprint density at radius 1 is 0.312 bits per heavy atom. The van der Waals surface area contributed by atoms with Gasteiger partial charge in [0.05, 0.1) is 27.6 Å². The van der Waals surface area contributed by atoms with E-state index < -0.39 is 5.41 Å². The van der Waals surface area contributed by atoms with Crippen LogP contribution in [-0.2, 0) is 5.41 Å². The summed E-state index contributed by atoms with van der Waals surface area (Å²) >= 11 is 0. The van der Waals surface area contributed by atoms with Gasteiger partial charge in [0.2, 0.25) is 0 Å². The normalized spacial score (nSPS) is 12.8. The van der Waals surface area contributed by atoms with Crippen molar-refractivity contribution in [3.8, 4) is 33.4 Å². The van der Waals surface area contributed by atoms with Crippen molar-refractivity contribution in [2.75, 3.05) is 4.90 Å². The number of benzene rings is 10. The molecule has 3 nitrogen and oxygen atoms in total. The average molecular weight is 818 g/mol. The summed E-state index contributed by atoms with van der Waals surface area (Å²) in [6, 6.07) is 85.2. The summed E-state index contributed by atoms with van der Waals surface area (Å²) in [4.78, 5) is 2.44. The third-order valence-electron chi connectivity index (χ3n) is 13.3. The van der Waals surface area contributed by atoms with Gasteiger partial charge in [-0.15, -0.1) is 0 Å². The molecule has 2 heterocycles. The van der Waals surface area contributed by atoms with Gasteiger partial charge in [-0.1, -0.05) is 176 Å². The fraction of sp³-hybridized carbons (Fsp3) is 0.0164. The first kappa shape index (κ1) is 36.3. The lowest BCUT2D eigenvalue weighted by atomic mass is 9.67. The van der Waals surface area contributed by atoms with Crippen molar-refractivity contribution in [1.29, 1.82) is 0 Å². The number of hydrogen-bond acceptors (Lipinski definition) is 3. The zero-order valence-corrected chi connectivity index (χ0v) is 34.8. The summed E-state index contributed by atoms with van der Waals surface area (Å²) in [7, 11) is 0. The van der Waals surface area contributed by atoms with Crippen LogP contribution in [0.4, 0.5) is 17.1 Å². The SMILES string of the molecule is c1ccc(-c2ccc3oc4cccc(N(c5cccc(C6(c7ccccc7)c7ccccc7-c7ccccc76)c5)c5cccc6oc7ccc(-c8ccccc8)cc7c56)c4c3c2)cc1. The summed E-state index contributed by atoms with van der Waals surface area (Å²) in [6.45, 7) is 0. The van der Waals surface area contributed by atoms with Crippen LogP contribution >= 0.6 is 0 Å². The molecule has 0 amide bonds. The number of rotatable bonds is 7. The van der Waals surface area contributed by atoms with Crippen LogP contribution in [0.1, 0.15) is 22.3 Å². The highest BCUT2D eigenvalue weighted by Crippen LogP contribution is 2.57. The maximum atomic E-state index is 6.73. The molecule has 2 aromatic heterocycles. The van der Waals surface area contributed by atoms with E-state index in [0.29, 0.717) is 0 Å². The van der Waals surface area contributed by atoms with Gasteiger partial charge >= 0.3 is 0 Å². The molecule has 300 valence electrons. The molecule has 0 aliphatic heterocycles. The van der Waals surface area contributed by atoms with Gasteiger partial charge in [0.1, 0.15) is 22.3 Å². The Balaban J connectivity index is 1.12. The largest absolute Gasteiger partial charge is 0.456 e. The molecule has 13 rings (SSSR count). The monoisotopic (exact) mass is 817 g/mol. The van der Waals surface area contributed by atoms with Gasteiger partial charge in [0.25, 0.3) is 0 Å². The number of nitrogens with zero attached hydrogens (tertiary/aromatic N) is 1. The molecule has 12 aromatic rings. The molecule has 0 saturated heterocycles. The lowest BCUT2D eigenvalue weighted by Crippen LogP contribution is -2.28. The van der Waals surface area contributed by atoms with Gasteiger partial charge in [-0.25, -0.2) is 0 Å². The number of fused-ring (bicyclic) bond motifs is 9. The molecule has 0 bridgehead atoms. The van der Waals surface area contributed by atoms with Gasteiger partial charge in [-0.05, 0) is 116 Å². The Hall–Kier alpha value is -8.40. The lowest BCUT2D eigenvalue weighted by Gasteiger charge is -2.35. The quantitative estimate of drug-likeness (QED) is 0.160. The first-order chi connectivity index (χ1) is 31.7.